The Labute approximate surface area is 84.5 Å². The van der Waals surface area contributed by atoms with Crippen molar-refractivity contribution in [1.82, 2.24) is 9.97 Å². The maximum Gasteiger partial charge on any atom is 0.216 e. The SMILES string of the molecule is CCOc1cc(CC(N)CC)ncn1. The summed E-state index contributed by atoms with van der Waals surface area (Å²) in [4.78, 5) is 8.13. The standard InChI is InChI=1S/C10H17N3O/c1-3-8(11)5-9-6-10(14-4-2)13-7-12-9/h6-8H,3-5,11H2,1-2H3. The first-order chi connectivity index (χ1) is 6.76. The number of rotatable bonds is 5. The van der Waals surface area contributed by atoms with Gasteiger partial charge in [0.2, 0.25) is 5.88 Å². The Hall–Kier alpha value is -1.16. The Kier molecular flexibility index (Phi) is 4.32. The average molecular weight is 195 g/mol. The first-order valence-electron chi connectivity index (χ1n) is 4.95. The monoisotopic (exact) mass is 195 g/mol. The minimum atomic E-state index is 0.166. The van der Waals surface area contributed by atoms with Crippen LogP contribution in [0.4, 0.5) is 0 Å². The molecular formula is C10H17N3O. The van der Waals surface area contributed by atoms with Crippen molar-refractivity contribution in [3.8, 4) is 5.88 Å². The van der Waals surface area contributed by atoms with Crippen molar-refractivity contribution in [3.05, 3.63) is 18.1 Å². The van der Waals surface area contributed by atoms with E-state index in [0.717, 1.165) is 18.5 Å². The highest BCUT2D eigenvalue weighted by molar-refractivity contribution is 5.14. The third-order valence-electron chi connectivity index (χ3n) is 1.99. The first-order valence-corrected chi connectivity index (χ1v) is 4.95. The lowest BCUT2D eigenvalue weighted by atomic mass is 10.1. The molecule has 78 valence electrons. The smallest absolute Gasteiger partial charge is 0.216 e. The molecule has 0 aliphatic carbocycles. The summed E-state index contributed by atoms with van der Waals surface area (Å²) in [5, 5.41) is 0. The summed E-state index contributed by atoms with van der Waals surface area (Å²) in [6, 6.07) is 2.01. The van der Waals surface area contributed by atoms with Gasteiger partial charge in [-0.2, -0.15) is 0 Å². The van der Waals surface area contributed by atoms with E-state index in [1.165, 1.54) is 6.33 Å². The Bertz CT molecular complexity index is 278. The van der Waals surface area contributed by atoms with Crippen LogP contribution in [0.5, 0.6) is 5.88 Å². The first kappa shape index (κ1) is 10.9. The van der Waals surface area contributed by atoms with Gasteiger partial charge in [-0.05, 0) is 13.3 Å². The van der Waals surface area contributed by atoms with Crippen LogP contribution in [-0.2, 0) is 6.42 Å². The van der Waals surface area contributed by atoms with E-state index in [0.29, 0.717) is 12.5 Å². The van der Waals surface area contributed by atoms with Gasteiger partial charge in [-0.25, -0.2) is 9.97 Å². The van der Waals surface area contributed by atoms with Crippen LogP contribution in [0.2, 0.25) is 0 Å². The molecule has 1 aromatic heterocycles. The maximum atomic E-state index is 5.83. The van der Waals surface area contributed by atoms with E-state index >= 15 is 0 Å². The highest BCUT2D eigenvalue weighted by Gasteiger charge is 2.04. The van der Waals surface area contributed by atoms with Crippen molar-refractivity contribution >= 4 is 0 Å². The largest absolute Gasteiger partial charge is 0.478 e. The molecule has 0 radical (unpaired) electrons. The molecule has 1 rings (SSSR count). The van der Waals surface area contributed by atoms with Gasteiger partial charge in [-0.3, -0.25) is 0 Å². The zero-order chi connectivity index (χ0) is 10.4. The summed E-state index contributed by atoms with van der Waals surface area (Å²) in [5.74, 6) is 0.626. The van der Waals surface area contributed by atoms with E-state index in [1.807, 2.05) is 13.0 Å². The predicted molar refractivity (Wildman–Crippen MR) is 55.2 cm³/mol. The zero-order valence-corrected chi connectivity index (χ0v) is 8.73. The number of ether oxygens (including phenoxy) is 1. The van der Waals surface area contributed by atoms with Crippen molar-refractivity contribution in [3.63, 3.8) is 0 Å². The van der Waals surface area contributed by atoms with Crippen molar-refractivity contribution in [2.24, 2.45) is 5.73 Å². The molecule has 0 bridgehead atoms. The Morgan fingerprint density at radius 1 is 1.43 bits per heavy atom. The lowest BCUT2D eigenvalue weighted by Gasteiger charge is -2.08. The van der Waals surface area contributed by atoms with Gasteiger partial charge < -0.3 is 10.5 Å². The predicted octanol–water partition coefficient (Wildman–Crippen LogP) is 1.16. The number of hydrogen-bond donors (Lipinski definition) is 1. The lowest BCUT2D eigenvalue weighted by Crippen LogP contribution is -2.22. The van der Waals surface area contributed by atoms with Gasteiger partial charge in [-0.1, -0.05) is 6.92 Å². The normalized spacial score (nSPS) is 12.5. The Morgan fingerprint density at radius 2 is 2.21 bits per heavy atom. The Morgan fingerprint density at radius 3 is 2.86 bits per heavy atom. The third kappa shape index (κ3) is 3.30. The molecule has 1 aromatic rings. The van der Waals surface area contributed by atoms with Crippen LogP contribution in [0.1, 0.15) is 26.0 Å². The molecule has 1 heterocycles. The van der Waals surface area contributed by atoms with Crippen LogP contribution in [0.3, 0.4) is 0 Å². The molecule has 0 fully saturated rings. The van der Waals surface area contributed by atoms with E-state index in [-0.39, 0.29) is 6.04 Å². The van der Waals surface area contributed by atoms with Gasteiger partial charge in [0.15, 0.2) is 0 Å². The highest BCUT2D eigenvalue weighted by Crippen LogP contribution is 2.08. The van der Waals surface area contributed by atoms with Crippen molar-refractivity contribution in [2.75, 3.05) is 6.61 Å². The fraction of sp³-hybridized carbons (Fsp3) is 0.600. The topological polar surface area (TPSA) is 61.0 Å². The van der Waals surface area contributed by atoms with E-state index in [2.05, 4.69) is 16.9 Å². The van der Waals surface area contributed by atoms with Crippen LogP contribution in [0.25, 0.3) is 0 Å². The molecule has 1 unspecified atom stereocenters. The quantitative estimate of drug-likeness (QED) is 0.765. The van der Waals surface area contributed by atoms with Gasteiger partial charge in [0, 0.05) is 24.2 Å². The summed E-state index contributed by atoms with van der Waals surface area (Å²) in [6.07, 6.45) is 3.25. The highest BCUT2D eigenvalue weighted by atomic mass is 16.5. The van der Waals surface area contributed by atoms with E-state index < -0.39 is 0 Å². The molecule has 0 aliphatic heterocycles. The maximum absolute atomic E-state index is 5.83. The van der Waals surface area contributed by atoms with Gasteiger partial charge >= 0.3 is 0 Å². The third-order valence-corrected chi connectivity index (χ3v) is 1.99. The van der Waals surface area contributed by atoms with Gasteiger partial charge in [-0.15, -0.1) is 0 Å². The minimum absolute atomic E-state index is 0.166. The second-order valence-corrected chi connectivity index (χ2v) is 3.15. The lowest BCUT2D eigenvalue weighted by molar-refractivity contribution is 0.325. The zero-order valence-electron chi connectivity index (χ0n) is 8.73. The molecule has 0 amide bonds. The molecular weight excluding hydrogens is 178 g/mol. The molecule has 0 saturated heterocycles. The van der Waals surface area contributed by atoms with Gasteiger partial charge in [0.25, 0.3) is 0 Å². The van der Waals surface area contributed by atoms with Crippen LogP contribution < -0.4 is 10.5 Å². The molecule has 4 heteroatoms. The number of aromatic nitrogens is 2. The van der Waals surface area contributed by atoms with Crippen LogP contribution in [0.15, 0.2) is 12.4 Å². The van der Waals surface area contributed by atoms with Crippen molar-refractivity contribution < 1.29 is 4.74 Å². The summed E-state index contributed by atoms with van der Waals surface area (Å²) in [7, 11) is 0. The van der Waals surface area contributed by atoms with E-state index in [1.54, 1.807) is 0 Å². The van der Waals surface area contributed by atoms with Crippen molar-refractivity contribution in [2.45, 2.75) is 32.7 Å². The fourth-order valence-electron chi connectivity index (χ4n) is 1.13. The molecule has 0 aromatic carbocycles. The average Bonchev–Trinajstić information content (AvgIpc) is 2.19. The molecule has 14 heavy (non-hydrogen) atoms. The minimum Gasteiger partial charge on any atom is -0.478 e. The van der Waals surface area contributed by atoms with E-state index in [4.69, 9.17) is 10.5 Å². The van der Waals surface area contributed by atoms with Gasteiger partial charge in [0.1, 0.15) is 6.33 Å². The van der Waals surface area contributed by atoms with Crippen LogP contribution in [0, 0.1) is 0 Å². The molecule has 0 aliphatic rings. The van der Waals surface area contributed by atoms with Crippen LogP contribution in [-0.4, -0.2) is 22.6 Å². The molecule has 2 N–H and O–H groups in total. The molecule has 0 saturated carbocycles. The summed E-state index contributed by atoms with van der Waals surface area (Å²) < 4.78 is 5.27. The second kappa shape index (κ2) is 5.54. The van der Waals surface area contributed by atoms with Gasteiger partial charge in [0.05, 0.1) is 6.61 Å². The summed E-state index contributed by atoms with van der Waals surface area (Å²) >= 11 is 0. The number of nitrogens with zero attached hydrogens (tertiary/aromatic N) is 2. The second-order valence-electron chi connectivity index (χ2n) is 3.15. The summed E-state index contributed by atoms with van der Waals surface area (Å²) in [6.45, 7) is 4.62. The number of nitrogens with two attached hydrogens (primary N) is 1. The van der Waals surface area contributed by atoms with Crippen LogP contribution >= 0.6 is 0 Å². The molecule has 4 nitrogen and oxygen atoms in total. The summed E-state index contributed by atoms with van der Waals surface area (Å²) in [5.41, 5.74) is 6.77. The Balaban J connectivity index is 2.63. The van der Waals surface area contributed by atoms with Crippen molar-refractivity contribution in [1.29, 1.82) is 0 Å². The van der Waals surface area contributed by atoms with E-state index in [9.17, 15) is 0 Å². The number of hydrogen-bond acceptors (Lipinski definition) is 4. The fourth-order valence-corrected chi connectivity index (χ4v) is 1.13. The molecule has 1 atom stereocenters. The molecule has 0 spiro atoms.